The topological polar surface area (TPSA) is 43.4 Å². The molecule has 0 aromatic carbocycles. The molecule has 78 valence electrons. The van der Waals surface area contributed by atoms with Gasteiger partial charge < -0.3 is 4.43 Å². The predicted molar refractivity (Wildman–Crippen MR) is 57.5 cm³/mol. The molecule has 0 aromatic heterocycles. The molecule has 0 radical (unpaired) electrons. The van der Waals surface area contributed by atoms with E-state index in [-0.39, 0.29) is 0 Å². The molecule has 0 rings (SSSR count). The van der Waals surface area contributed by atoms with Crippen LogP contribution in [0.15, 0.2) is 0 Å². The van der Waals surface area contributed by atoms with Crippen LogP contribution in [-0.2, 0) is 19.2 Å². The van der Waals surface area contributed by atoms with E-state index in [9.17, 15) is 9.00 Å². The molecule has 0 spiro atoms. The lowest BCUT2D eigenvalue weighted by Gasteiger charge is -2.24. The summed E-state index contributed by atoms with van der Waals surface area (Å²) in [6, 6.07) is 0. The second kappa shape index (κ2) is 4.10. The Morgan fingerprint density at radius 2 is 1.77 bits per heavy atom. The molecule has 0 saturated carbocycles. The zero-order valence-electron chi connectivity index (χ0n) is 8.51. The third-order valence-corrected chi connectivity index (χ3v) is 4.22. The van der Waals surface area contributed by atoms with Gasteiger partial charge in [-0.2, -0.15) is 0 Å². The Bertz CT molecular complexity index is 234. The molecule has 0 saturated heterocycles. The maximum absolute atomic E-state index is 11.5. The van der Waals surface area contributed by atoms with Gasteiger partial charge in [0.1, 0.15) is 10.0 Å². The second-order valence-electron chi connectivity index (χ2n) is 4.24. The number of hydrogen-bond donors (Lipinski definition) is 0. The predicted octanol–water partition coefficient (Wildman–Crippen LogP) is 2.05. The fourth-order valence-corrected chi connectivity index (χ4v) is 1.71. The number of carbonyl (C=O) groups excluding carboxylic acids is 1. The number of carbonyl (C=O) groups is 1. The van der Waals surface area contributed by atoms with Crippen LogP contribution < -0.4 is 0 Å². The van der Waals surface area contributed by atoms with Crippen molar-refractivity contribution in [1.29, 1.82) is 0 Å². The molecule has 0 fully saturated rings. The summed E-state index contributed by atoms with van der Waals surface area (Å²) in [4.78, 5) is 11.5. The van der Waals surface area contributed by atoms with Crippen LogP contribution in [0.25, 0.3) is 0 Å². The van der Waals surface area contributed by atoms with E-state index in [1.165, 1.54) is 13.8 Å². The molecule has 0 amide bonds. The van der Waals surface area contributed by atoms with Crippen molar-refractivity contribution in [2.75, 3.05) is 0 Å². The summed E-state index contributed by atoms with van der Waals surface area (Å²) in [6.07, 6.45) is 0. The highest BCUT2D eigenvalue weighted by Gasteiger charge is 2.38. The fourth-order valence-electron chi connectivity index (χ4n) is 0.467. The Kier molecular flexibility index (Phi) is 4.14. The Labute approximate surface area is 86.9 Å². The lowest BCUT2D eigenvalue weighted by atomic mass is 10.2. The highest BCUT2D eigenvalue weighted by atomic mass is 35.7. The third-order valence-electron chi connectivity index (χ3n) is 1.29. The van der Waals surface area contributed by atoms with Gasteiger partial charge in [-0.05, 0) is 44.2 Å². The smallest absolute Gasteiger partial charge is 0.312 e. The molecule has 0 bridgehead atoms. The summed E-state index contributed by atoms with van der Waals surface area (Å²) in [6.45, 7) is 8.69. The van der Waals surface area contributed by atoms with Crippen LogP contribution in [0.4, 0.5) is 0 Å². The first-order chi connectivity index (χ1) is 5.57. The van der Waals surface area contributed by atoms with Crippen molar-refractivity contribution >= 4 is 35.0 Å². The van der Waals surface area contributed by atoms with E-state index < -0.39 is 29.0 Å². The zero-order valence-corrected chi connectivity index (χ0v) is 11.1. The van der Waals surface area contributed by atoms with Crippen LogP contribution >= 0.6 is 10.7 Å². The summed E-state index contributed by atoms with van der Waals surface area (Å²) in [5.74, 6) is -0.486. The molecule has 1 atom stereocenters. The molecule has 0 heterocycles. The van der Waals surface area contributed by atoms with Crippen molar-refractivity contribution in [2.45, 2.75) is 38.2 Å². The largest absolute Gasteiger partial charge is 0.519 e. The SMILES string of the molecule is CC(C)(C(=O)O[Si](C)(C)C)S(=O)Cl. The van der Waals surface area contributed by atoms with E-state index in [2.05, 4.69) is 0 Å². The average molecular weight is 243 g/mol. The maximum atomic E-state index is 11.5. The number of hydrogen-bond acceptors (Lipinski definition) is 3. The summed E-state index contributed by atoms with van der Waals surface area (Å²) >= 11 is 0. The normalized spacial score (nSPS) is 15.2. The second-order valence-corrected chi connectivity index (χ2v) is 11.0. The van der Waals surface area contributed by atoms with Gasteiger partial charge in [-0.1, -0.05) is 0 Å². The van der Waals surface area contributed by atoms with Crippen LogP contribution in [0.2, 0.25) is 19.6 Å². The van der Waals surface area contributed by atoms with Crippen molar-refractivity contribution in [3.8, 4) is 0 Å². The van der Waals surface area contributed by atoms with Gasteiger partial charge in [-0.15, -0.1) is 0 Å². The minimum Gasteiger partial charge on any atom is -0.519 e. The van der Waals surface area contributed by atoms with Crippen molar-refractivity contribution in [1.82, 2.24) is 0 Å². The van der Waals surface area contributed by atoms with E-state index in [0.29, 0.717) is 0 Å². The zero-order chi connectivity index (χ0) is 10.9. The minimum atomic E-state index is -1.92. The summed E-state index contributed by atoms with van der Waals surface area (Å²) in [5, 5.41) is 0. The fraction of sp³-hybridized carbons (Fsp3) is 0.857. The Morgan fingerprint density at radius 3 is 2.00 bits per heavy atom. The van der Waals surface area contributed by atoms with Gasteiger partial charge >= 0.3 is 5.97 Å². The van der Waals surface area contributed by atoms with Crippen LogP contribution in [0.5, 0.6) is 0 Å². The Hall–Kier alpha value is 0.127. The van der Waals surface area contributed by atoms with Gasteiger partial charge in [0.2, 0.25) is 8.32 Å². The van der Waals surface area contributed by atoms with Crippen molar-refractivity contribution in [2.24, 2.45) is 0 Å². The molecule has 0 aliphatic carbocycles. The molecule has 0 aliphatic rings. The summed E-state index contributed by atoms with van der Waals surface area (Å²) in [7, 11) is 1.74. The van der Waals surface area contributed by atoms with Crippen molar-refractivity contribution in [3.05, 3.63) is 0 Å². The maximum Gasteiger partial charge on any atom is 0.312 e. The van der Waals surface area contributed by atoms with E-state index in [1.54, 1.807) is 0 Å². The molecule has 0 N–H and O–H groups in total. The highest BCUT2D eigenvalue weighted by Crippen LogP contribution is 2.20. The van der Waals surface area contributed by atoms with Crippen LogP contribution in [0, 0.1) is 0 Å². The molecule has 6 heteroatoms. The standard InChI is InChI=1S/C7H15ClO3SSi/c1-7(2,12(8)10)6(9)11-13(3,4)5/h1-5H3. The molecule has 3 nitrogen and oxygen atoms in total. The van der Waals surface area contributed by atoms with Crippen LogP contribution in [-0.4, -0.2) is 23.2 Å². The summed E-state index contributed by atoms with van der Waals surface area (Å²) < 4.78 is 15.0. The van der Waals surface area contributed by atoms with Crippen LogP contribution in [0.3, 0.4) is 0 Å². The molecular formula is C7H15ClO3SSi. The van der Waals surface area contributed by atoms with E-state index >= 15 is 0 Å². The number of halogens is 1. The molecular weight excluding hydrogens is 228 g/mol. The molecule has 0 aliphatic heterocycles. The monoisotopic (exact) mass is 242 g/mol. The lowest BCUT2D eigenvalue weighted by molar-refractivity contribution is -0.137. The molecule has 13 heavy (non-hydrogen) atoms. The van der Waals surface area contributed by atoms with Gasteiger partial charge in [0.15, 0.2) is 4.75 Å². The average Bonchev–Trinajstić information content (AvgIpc) is 1.82. The molecule has 0 aromatic rings. The van der Waals surface area contributed by atoms with E-state index in [4.69, 9.17) is 15.1 Å². The summed E-state index contributed by atoms with van der Waals surface area (Å²) in [5.41, 5.74) is 0. The van der Waals surface area contributed by atoms with Crippen molar-refractivity contribution in [3.63, 3.8) is 0 Å². The van der Waals surface area contributed by atoms with Crippen LogP contribution in [0.1, 0.15) is 13.8 Å². The van der Waals surface area contributed by atoms with Crippen molar-refractivity contribution < 1.29 is 13.4 Å². The quantitative estimate of drug-likeness (QED) is 0.562. The third kappa shape index (κ3) is 4.24. The van der Waals surface area contributed by atoms with Gasteiger partial charge in [0, 0.05) is 0 Å². The highest BCUT2D eigenvalue weighted by molar-refractivity contribution is 8.09. The number of rotatable bonds is 3. The van der Waals surface area contributed by atoms with E-state index in [1.807, 2.05) is 19.6 Å². The Balaban J connectivity index is 4.53. The van der Waals surface area contributed by atoms with Gasteiger partial charge in [0.25, 0.3) is 0 Å². The van der Waals surface area contributed by atoms with Gasteiger partial charge in [0.05, 0.1) is 0 Å². The minimum absolute atomic E-state index is 0.486. The van der Waals surface area contributed by atoms with Gasteiger partial charge in [-0.25, -0.2) is 4.21 Å². The van der Waals surface area contributed by atoms with Gasteiger partial charge in [-0.3, -0.25) is 4.79 Å². The first kappa shape index (κ1) is 13.1. The lowest BCUT2D eigenvalue weighted by Crippen LogP contribution is -2.42. The molecule has 1 unspecified atom stereocenters. The van der Waals surface area contributed by atoms with E-state index in [0.717, 1.165) is 0 Å². The Morgan fingerprint density at radius 1 is 1.38 bits per heavy atom. The first-order valence-electron chi connectivity index (χ1n) is 3.89. The first-order valence-corrected chi connectivity index (χ1v) is 9.27.